The number of halogens is 2. The number of aryl methyl sites for hydroxylation is 2. The zero-order valence-corrected chi connectivity index (χ0v) is 28.3. The first-order valence-corrected chi connectivity index (χ1v) is 15.7. The van der Waals surface area contributed by atoms with Crippen molar-refractivity contribution in [1.82, 2.24) is 15.0 Å². The lowest BCUT2D eigenvalue weighted by molar-refractivity contribution is 0.100. The van der Waals surface area contributed by atoms with Crippen molar-refractivity contribution in [3.63, 3.8) is 0 Å². The van der Waals surface area contributed by atoms with Gasteiger partial charge >= 0.3 is 0 Å². The van der Waals surface area contributed by atoms with Crippen molar-refractivity contribution in [2.45, 2.75) is 53.4 Å². The Labute approximate surface area is 268 Å². The largest absolute Gasteiger partial charge is 0.361 e. The van der Waals surface area contributed by atoms with Crippen molar-refractivity contribution in [1.29, 1.82) is 0 Å². The molecule has 0 bridgehead atoms. The van der Waals surface area contributed by atoms with E-state index in [0.29, 0.717) is 0 Å². The monoisotopic (exact) mass is 769 g/mol. The van der Waals surface area contributed by atoms with Gasteiger partial charge in [-0.15, -0.1) is 0 Å². The molecule has 0 fully saturated rings. The summed E-state index contributed by atoms with van der Waals surface area (Å²) in [7, 11) is 0. The molecule has 2 aromatic carbocycles. The van der Waals surface area contributed by atoms with E-state index in [2.05, 4.69) is 121 Å². The zero-order chi connectivity index (χ0) is 29.6. The van der Waals surface area contributed by atoms with Gasteiger partial charge in [0, 0.05) is 52.4 Å². The van der Waals surface area contributed by atoms with Crippen LogP contribution in [0.5, 0.6) is 0 Å². The number of benzene rings is 2. The highest BCUT2D eigenvalue weighted by Crippen LogP contribution is 2.39. The normalized spacial score (nSPS) is 12.9. The number of rotatable bonds is 8. The highest BCUT2D eigenvalue weighted by molar-refractivity contribution is 14.1. The van der Waals surface area contributed by atoms with Crippen LogP contribution in [0.25, 0.3) is 0 Å². The second kappa shape index (κ2) is 11.8. The fourth-order valence-electron chi connectivity index (χ4n) is 6.26. The molecule has 3 aromatic heterocycles. The maximum atomic E-state index is 12.5. The molecule has 0 aliphatic carbocycles. The number of carbonyl (C=O) groups is 2. The van der Waals surface area contributed by atoms with Crippen LogP contribution in [-0.2, 0) is 0 Å². The summed E-state index contributed by atoms with van der Waals surface area (Å²) < 4.78 is 2.33. The molecule has 5 nitrogen and oxygen atoms in total. The first kappa shape index (κ1) is 29.6. The minimum absolute atomic E-state index is 0.0636. The van der Waals surface area contributed by atoms with E-state index in [1.165, 1.54) is 7.14 Å². The predicted molar refractivity (Wildman–Crippen MR) is 182 cm³/mol. The van der Waals surface area contributed by atoms with Gasteiger partial charge in [0.25, 0.3) is 0 Å². The van der Waals surface area contributed by atoms with Crippen LogP contribution >= 0.6 is 45.2 Å². The molecule has 0 saturated carbocycles. The van der Waals surface area contributed by atoms with Crippen molar-refractivity contribution in [2.24, 2.45) is 0 Å². The minimum Gasteiger partial charge on any atom is -0.361 e. The molecular weight excluding hydrogens is 736 g/mol. The Morgan fingerprint density at radius 2 is 0.902 bits per heavy atom. The maximum Gasteiger partial charge on any atom is 0.161 e. The van der Waals surface area contributed by atoms with Crippen LogP contribution in [0.4, 0.5) is 0 Å². The molecule has 2 unspecified atom stereocenters. The van der Waals surface area contributed by atoms with E-state index in [1.54, 1.807) is 13.8 Å². The smallest absolute Gasteiger partial charge is 0.161 e. The van der Waals surface area contributed by atoms with E-state index in [0.717, 1.165) is 67.5 Å². The highest BCUT2D eigenvalue weighted by Gasteiger charge is 2.29. The maximum absolute atomic E-state index is 12.5. The van der Waals surface area contributed by atoms with Crippen LogP contribution in [0.3, 0.4) is 0 Å². The lowest BCUT2D eigenvalue weighted by Gasteiger charge is -2.20. The molecule has 0 aliphatic heterocycles. The van der Waals surface area contributed by atoms with Crippen LogP contribution in [0.2, 0.25) is 0 Å². The van der Waals surface area contributed by atoms with Gasteiger partial charge in [-0.05, 0) is 145 Å². The first-order chi connectivity index (χ1) is 19.5. The number of Topliss-reactive ketones (excluding diaryl/α,β-unsaturated/α-hetero) is 2. The first-order valence-electron chi connectivity index (χ1n) is 13.6. The van der Waals surface area contributed by atoms with Crippen molar-refractivity contribution < 1.29 is 9.59 Å². The fourth-order valence-corrected chi connectivity index (χ4v) is 6.98. The van der Waals surface area contributed by atoms with Gasteiger partial charge in [0.15, 0.2) is 11.6 Å². The Morgan fingerprint density at radius 1 is 0.561 bits per heavy atom. The van der Waals surface area contributed by atoms with Gasteiger partial charge in [0.05, 0.1) is 11.8 Å². The van der Waals surface area contributed by atoms with Crippen molar-refractivity contribution in [3.05, 3.63) is 135 Å². The number of nitrogens with one attached hydrogen (secondary N) is 3. The van der Waals surface area contributed by atoms with E-state index >= 15 is 0 Å². The molecule has 210 valence electrons. The number of hydrogen-bond acceptors (Lipinski definition) is 2. The summed E-state index contributed by atoms with van der Waals surface area (Å²) in [6, 6.07) is 21.4. The lowest BCUT2D eigenvalue weighted by atomic mass is 9.89. The standard InChI is InChI=1S/C34H33I2N3O2/c1-17-29(21(5)40)19(3)37-33(17)31(23-7-11-25(35)12-8-23)27-15-16-28(39-27)32(24-9-13-26(36)14-10-24)34-18(2)30(22(6)41)20(4)38-34/h7-16,31-32,37-39H,1-6H3. The van der Waals surface area contributed by atoms with E-state index in [4.69, 9.17) is 0 Å². The van der Waals surface area contributed by atoms with Crippen molar-refractivity contribution >= 4 is 56.7 Å². The Bertz CT molecular complexity index is 1630. The van der Waals surface area contributed by atoms with Crippen molar-refractivity contribution in [2.75, 3.05) is 0 Å². The highest BCUT2D eigenvalue weighted by atomic mass is 127. The SMILES string of the molecule is CC(=O)c1c(C)[nH]c(C(c2ccc(I)cc2)c2ccc(C(c3ccc(I)cc3)c3[nH]c(C)c(C(C)=O)c3C)[nH]2)c1C. The molecule has 5 rings (SSSR count). The molecule has 0 radical (unpaired) electrons. The van der Waals surface area contributed by atoms with Crippen LogP contribution in [0.1, 0.15) is 103 Å². The van der Waals surface area contributed by atoms with Crippen LogP contribution in [0, 0.1) is 34.8 Å². The van der Waals surface area contributed by atoms with E-state index in [9.17, 15) is 9.59 Å². The third-order valence-electron chi connectivity index (χ3n) is 7.99. The molecule has 0 aliphatic rings. The van der Waals surface area contributed by atoms with Gasteiger partial charge in [0.1, 0.15) is 0 Å². The fraction of sp³-hybridized carbons (Fsp3) is 0.235. The summed E-state index contributed by atoms with van der Waals surface area (Å²) in [5.41, 5.74) is 11.6. The summed E-state index contributed by atoms with van der Waals surface area (Å²) in [6.07, 6.45) is 0. The van der Waals surface area contributed by atoms with Crippen LogP contribution < -0.4 is 0 Å². The molecule has 5 aromatic rings. The Balaban J connectivity index is 1.70. The van der Waals surface area contributed by atoms with Gasteiger partial charge < -0.3 is 15.0 Å². The Morgan fingerprint density at radius 3 is 1.20 bits per heavy atom. The number of ketones is 2. The van der Waals surface area contributed by atoms with Gasteiger partial charge in [-0.3, -0.25) is 9.59 Å². The summed E-state index contributed by atoms with van der Waals surface area (Å²) in [6.45, 7) is 11.2. The summed E-state index contributed by atoms with van der Waals surface area (Å²) >= 11 is 4.65. The van der Waals surface area contributed by atoms with Gasteiger partial charge in [0.2, 0.25) is 0 Å². The molecule has 0 spiro atoms. The van der Waals surface area contributed by atoms with Gasteiger partial charge in [-0.2, -0.15) is 0 Å². The predicted octanol–water partition coefficient (Wildman–Crippen LogP) is 8.88. The molecule has 3 N–H and O–H groups in total. The van der Waals surface area contributed by atoms with Crippen LogP contribution in [0.15, 0.2) is 60.7 Å². The third-order valence-corrected chi connectivity index (χ3v) is 9.43. The summed E-state index contributed by atoms with van der Waals surface area (Å²) in [5, 5.41) is 0. The average molecular weight is 769 g/mol. The zero-order valence-electron chi connectivity index (χ0n) is 24.0. The lowest BCUT2D eigenvalue weighted by Crippen LogP contribution is -2.09. The quantitative estimate of drug-likeness (QED) is 0.109. The average Bonchev–Trinajstić information content (AvgIpc) is 3.58. The molecule has 41 heavy (non-hydrogen) atoms. The van der Waals surface area contributed by atoms with Gasteiger partial charge in [-0.1, -0.05) is 24.3 Å². The van der Waals surface area contributed by atoms with E-state index in [1.807, 2.05) is 27.7 Å². The number of H-pyrrole nitrogens is 3. The number of hydrogen-bond donors (Lipinski definition) is 3. The molecule has 7 heteroatoms. The minimum atomic E-state index is -0.121. The molecular formula is C34H33I2N3O2. The molecule has 2 atom stereocenters. The van der Waals surface area contributed by atoms with E-state index < -0.39 is 0 Å². The summed E-state index contributed by atoms with van der Waals surface area (Å²) in [4.78, 5) is 36.0. The molecule has 0 saturated heterocycles. The number of carbonyl (C=O) groups excluding carboxylic acids is 2. The Hall–Kier alpha value is -2.92. The third kappa shape index (κ3) is 5.62. The number of aromatic amines is 3. The Kier molecular flexibility index (Phi) is 8.48. The molecule has 0 amide bonds. The second-order valence-electron chi connectivity index (χ2n) is 10.8. The number of aromatic nitrogens is 3. The van der Waals surface area contributed by atoms with Crippen molar-refractivity contribution in [3.8, 4) is 0 Å². The van der Waals surface area contributed by atoms with Gasteiger partial charge in [-0.25, -0.2) is 0 Å². The summed E-state index contributed by atoms with van der Waals surface area (Å²) in [5.74, 6) is -0.115. The van der Waals surface area contributed by atoms with Crippen LogP contribution in [-0.4, -0.2) is 26.5 Å². The van der Waals surface area contributed by atoms with E-state index in [-0.39, 0.29) is 23.4 Å². The second-order valence-corrected chi connectivity index (χ2v) is 13.3. The molecule has 3 heterocycles. The topological polar surface area (TPSA) is 81.5 Å².